The lowest BCUT2D eigenvalue weighted by Gasteiger charge is -2.24. The van der Waals surface area contributed by atoms with Crippen molar-refractivity contribution in [2.45, 2.75) is 12.5 Å². The minimum Gasteiger partial charge on any atom is -0.507 e. The molecule has 0 spiro atoms. The molecule has 2 N–H and O–H groups in total. The quantitative estimate of drug-likeness (QED) is 0.301. The van der Waals surface area contributed by atoms with Crippen LogP contribution in [0.1, 0.15) is 22.0 Å². The Kier molecular flexibility index (Phi) is 5.75. The van der Waals surface area contributed by atoms with Crippen LogP contribution in [0, 0.1) is 0 Å². The lowest BCUT2D eigenvalue weighted by atomic mass is 9.99. The lowest BCUT2D eigenvalue weighted by Crippen LogP contribution is -2.29. The van der Waals surface area contributed by atoms with Gasteiger partial charge >= 0.3 is 5.97 Å². The highest BCUT2D eigenvalue weighted by Crippen LogP contribution is 2.44. The molecule has 1 aromatic heterocycles. The Morgan fingerprint density at radius 3 is 2.29 bits per heavy atom. The van der Waals surface area contributed by atoms with E-state index in [4.69, 9.17) is 5.11 Å². The molecule has 1 saturated heterocycles. The predicted octanol–water partition coefficient (Wildman–Crippen LogP) is 4.76. The molecular weight excluding hydrogens is 482 g/mol. The van der Waals surface area contributed by atoms with Gasteiger partial charge in [-0.25, -0.2) is 0 Å². The van der Waals surface area contributed by atoms with E-state index in [0.717, 1.165) is 4.47 Å². The van der Waals surface area contributed by atoms with Crippen molar-refractivity contribution in [1.82, 2.24) is 0 Å². The third-order valence-electron chi connectivity index (χ3n) is 4.92. The van der Waals surface area contributed by atoms with Crippen molar-refractivity contribution in [3.63, 3.8) is 0 Å². The largest absolute Gasteiger partial charge is 0.507 e. The fourth-order valence-corrected chi connectivity index (χ4v) is 5.08. The predicted molar refractivity (Wildman–Crippen MR) is 121 cm³/mol. The van der Waals surface area contributed by atoms with Gasteiger partial charge in [0.2, 0.25) is 0 Å². The summed E-state index contributed by atoms with van der Waals surface area (Å²) in [5.41, 5.74) is 1.48. The fourth-order valence-electron chi connectivity index (χ4n) is 3.54. The maximum atomic E-state index is 13.0. The third-order valence-corrected chi connectivity index (χ3v) is 6.66. The van der Waals surface area contributed by atoms with Crippen molar-refractivity contribution in [2.75, 3.05) is 4.90 Å². The first-order valence-corrected chi connectivity index (χ1v) is 10.9. The first-order chi connectivity index (χ1) is 14.9. The van der Waals surface area contributed by atoms with Gasteiger partial charge in [-0.3, -0.25) is 19.3 Å². The first-order valence-electron chi connectivity index (χ1n) is 9.28. The zero-order chi connectivity index (χ0) is 22.1. The van der Waals surface area contributed by atoms with Crippen LogP contribution in [-0.4, -0.2) is 27.9 Å². The topological polar surface area (TPSA) is 94.9 Å². The molecule has 3 aromatic rings. The Morgan fingerprint density at radius 1 is 1.03 bits per heavy atom. The molecule has 0 aliphatic carbocycles. The zero-order valence-corrected chi connectivity index (χ0v) is 18.4. The summed E-state index contributed by atoms with van der Waals surface area (Å²) in [4.78, 5) is 39.1. The molecule has 6 nitrogen and oxygen atoms in total. The molecule has 1 atom stereocenters. The molecule has 0 saturated carbocycles. The number of carboxylic acid groups (broad SMARTS) is 1. The highest BCUT2D eigenvalue weighted by atomic mass is 79.9. The molecule has 0 radical (unpaired) electrons. The summed E-state index contributed by atoms with van der Waals surface area (Å²) in [6.45, 7) is 0. The number of Topliss-reactive ketones (excluding diaryl/α,β-unsaturated/α-hetero) is 1. The van der Waals surface area contributed by atoms with Crippen LogP contribution in [0.25, 0.3) is 5.76 Å². The summed E-state index contributed by atoms with van der Waals surface area (Å²) >= 11 is 4.77. The van der Waals surface area contributed by atoms with Crippen molar-refractivity contribution >= 4 is 56.4 Å². The van der Waals surface area contributed by atoms with Crippen molar-refractivity contribution < 1.29 is 24.6 Å². The van der Waals surface area contributed by atoms with Crippen LogP contribution in [0.3, 0.4) is 0 Å². The highest BCUT2D eigenvalue weighted by molar-refractivity contribution is 9.10. The summed E-state index contributed by atoms with van der Waals surface area (Å²) in [7, 11) is 0. The Bertz CT molecular complexity index is 1200. The number of ketones is 1. The number of anilines is 1. The number of halogens is 1. The third kappa shape index (κ3) is 4.04. The van der Waals surface area contributed by atoms with E-state index < -0.39 is 23.7 Å². The van der Waals surface area contributed by atoms with Crippen LogP contribution in [0.4, 0.5) is 5.69 Å². The van der Waals surface area contributed by atoms with Gasteiger partial charge < -0.3 is 10.2 Å². The second-order valence-electron chi connectivity index (χ2n) is 6.94. The molecule has 8 heteroatoms. The van der Waals surface area contributed by atoms with E-state index >= 15 is 0 Å². The van der Waals surface area contributed by atoms with Gasteiger partial charge in [-0.2, -0.15) is 0 Å². The molecular formula is C23H16BrNO5S. The minimum atomic E-state index is -0.959. The van der Waals surface area contributed by atoms with Crippen molar-refractivity contribution in [2.24, 2.45) is 0 Å². The highest BCUT2D eigenvalue weighted by Gasteiger charge is 2.47. The Labute approximate surface area is 190 Å². The van der Waals surface area contributed by atoms with Gasteiger partial charge in [0.05, 0.1) is 12.0 Å². The molecule has 1 amide bonds. The van der Waals surface area contributed by atoms with E-state index in [0.29, 0.717) is 21.7 Å². The average Bonchev–Trinajstić information content (AvgIpc) is 3.29. The number of nitrogens with zero attached hydrogens (tertiary/aromatic N) is 1. The van der Waals surface area contributed by atoms with Crippen LogP contribution < -0.4 is 4.90 Å². The summed E-state index contributed by atoms with van der Waals surface area (Å²) in [5.74, 6) is -2.72. The molecule has 0 bridgehead atoms. The fraction of sp³-hybridized carbons (Fsp3) is 0.0870. The van der Waals surface area contributed by atoms with Gasteiger partial charge in [0, 0.05) is 26.0 Å². The van der Waals surface area contributed by atoms with E-state index in [1.165, 1.54) is 16.2 Å². The SMILES string of the molecule is O=C(O)Cc1ccc(N2C(=O)C(=O)C(=C(O)c3ccccc3)C2c2cc(Br)cs2)cc1. The molecule has 2 heterocycles. The number of aliphatic hydroxyl groups is 1. The normalized spacial score (nSPS) is 17.8. The number of carbonyl (C=O) groups is 3. The smallest absolute Gasteiger partial charge is 0.307 e. The van der Waals surface area contributed by atoms with Crippen molar-refractivity contribution in [1.29, 1.82) is 0 Å². The summed E-state index contributed by atoms with van der Waals surface area (Å²) in [6.07, 6.45) is -0.144. The van der Waals surface area contributed by atoms with Gasteiger partial charge in [0.1, 0.15) is 11.8 Å². The number of rotatable bonds is 5. The number of amides is 1. The first kappa shape index (κ1) is 21.0. The van der Waals surface area contributed by atoms with E-state index in [1.54, 1.807) is 54.6 Å². The summed E-state index contributed by atoms with van der Waals surface area (Å²) in [5, 5.41) is 21.8. The zero-order valence-electron chi connectivity index (χ0n) is 16.0. The number of hydrogen-bond acceptors (Lipinski definition) is 5. The number of hydrogen-bond donors (Lipinski definition) is 2. The van der Waals surface area contributed by atoms with Gasteiger partial charge in [0.25, 0.3) is 11.7 Å². The summed E-state index contributed by atoms with van der Waals surface area (Å²) < 4.78 is 0.801. The van der Waals surface area contributed by atoms with Crippen LogP contribution in [-0.2, 0) is 20.8 Å². The van der Waals surface area contributed by atoms with Crippen LogP contribution in [0.2, 0.25) is 0 Å². The summed E-state index contributed by atoms with van der Waals surface area (Å²) in [6, 6.07) is 16.1. The number of thiophene rings is 1. The van der Waals surface area contributed by atoms with Gasteiger partial charge in [-0.05, 0) is 39.7 Å². The second-order valence-corrected chi connectivity index (χ2v) is 8.80. The maximum absolute atomic E-state index is 13.0. The number of benzene rings is 2. The molecule has 2 aromatic carbocycles. The molecule has 4 rings (SSSR count). The standard InChI is InChI=1S/C23H16BrNO5S/c24-15-11-17(31-12-15)20-19(21(28)14-4-2-1-3-5-14)22(29)23(30)25(20)16-8-6-13(7-9-16)10-18(26)27/h1-9,11-12,20,28H,10H2,(H,26,27). The Balaban J connectivity index is 1.85. The van der Waals surface area contributed by atoms with Gasteiger partial charge in [-0.15, -0.1) is 11.3 Å². The molecule has 31 heavy (non-hydrogen) atoms. The monoisotopic (exact) mass is 497 g/mol. The lowest BCUT2D eigenvalue weighted by molar-refractivity contribution is -0.136. The van der Waals surface area contributed by atoms with Crippen LogP contribution in [0.5, 0.6) is 0 Å². The number of aliphatic carboxylic acids is 1. The average molecular weight is 498 g/mol. The van der Waals surface area contributed by atoms with E-state index in [9.17, 15) is 19.5 Å². The van der Waals surface area contributed by atoms with Crippen molar-refractivity contribution in [3.05, 3.63) is 92.1 Å². The van der Waals surface area contributed by atoms with Gasteiger partial charge in [0.15, 0.2) is 0 Å². The van der Waals surface area contributed by atoms with E-state index in [1.807, 2.05) is 11.4 Å². The molecule has 156 valence electrons. The van der Waals surface area contributed by atoms with E-state index in [-0.39, 0.29) is 17.8 Å². The van der Waals surface area contributed by atoms with Crippen molar-refractivity contribution in [3.8, 4) is 0 Å². The number of carbonyl (C=O) groups excluding carboxylic acids is 2. The van der Waals surface area contributed by atoms with Gasteiger partial charge in [-0.1, -0.05) is 42.5 Å². The maximum Gasteiger partial charge on any atom is 0.307 e. The number of aliphatic hydroxyl groups excluding tert-OH is 1. The molecule has 1 aliphatic rings. The minimum absolute atomic E-state index is 0.0140. The van der Waals surface area contributed by atoms with Crippen LogP contribution in [0.15, 0.2) is 76.1 Å². The Morgan fingerprint density at radius 2 is 1.71 bits per heavy atom. The van der Waals surface area contributed by atoms with E-state index in [2.05, 4.69) is 15.9 Å². The molecule has 1 aliphatic heterocycles. The second kappa shape index (κ2) is 8.49. The Hall–Kier alpha value is -3.23. The molecule has 1 fully saturated rings. The van der Waals surface area contributed by atoms with Crippen LogP contribution >= 0.6 is 27.3 Å². The number of carboxylic acids is 1. The molecule has 1 unspecified atom stereocenters.